The highest BCUT2D eigenvalue weighted by Gasteiger charge is 2.22. The number of benzene rings is 2. The van der Waals surface area contributed by atoms with Gasteiger partial charge in [-0.05, 0) is 48.4 Å². The van der Waals surface area contributed by atoms with Gasteiger partial charge in [0.2, 0.25) is 0 Å². The summed E-state index contributed by atoms with van der Waals surface area (Å²) in [5, 5.41) is 12.7. The van der Waals surface area contributed by atoms with E-state index in [2.05, 4.69) is 5.32 Å². The maximum atomic E-state index is 13.3. The first-order valence-electron chi connectivity index (χ1n) is 5.98. The Morgan fingerprint density at radius 1 is 1.30 bits per heavy atom. The van der Waals surface area contributed by atoms with E-state index in [-0.39, 0.29) is 0 Å². The van der Waals surface area contributed by atoms with Crippen LogP contribution in [0.5, 0.6) is 0 Å². The van der Waals surface area contributed by atoms with E-state index in [4.69, 9.17) is 11.6 Å². The lowest BCUT2D eigenvalue weighted by molar-refractivity contribution is -0.138. The Morgan fingerprint density at radius 3 is 2.70 bits per heavy atom. The largest absolute Gasteiger partial charge is 0.479 e. The van der Waals surface area contributed by atoms with Gasteiger partial charge in [0, 0.05) is 10.7 Å². The molecule has 0 aliphatic heterocycles. The maximum Gasteiger partial charge on any atom is 0.330 e. The standard InChI is InChI=1S/C15H13ClFNO2/c1-9-5-6-11(17)8-13(9)14(15(19)20)18-12-4-2-3-10(16)7-12/h2-8,14,18H,1H3,(H,19,20). The van der Waals surface area contributed by atoms with Gasteiger partial charge in [0.1, 0.15) is 5.82 Å². The summed E-state index contributed by atoms with van der Waals surface area (Å²) < 4.78 is 13.3. The van der Waals surface area contributed by atoms with Crippen molar-refractivity contribution in [2.45, 2.75) is 13.0 Å². The monoisotopic (exact) mass is 293 g/mol. The lowest BCUT2D eigenvalue weighted by Gasteiger charge is -2.18. The second-order valence-corrected chi connectivity index (χ2v) is 4.86. The van der Waals surface area contributed by atoms with Crippen LogP contribution in [0, 0.1) is 12.7 Å². The van der Waals surface area contributed by atoms with Crippen LogP contribution in [0.4, 0.5) is 10.1 Å². The number of rotatable bonds is 4. The summed E-state index contributed by atoms with van der Waals surface area (Å²) in [5.41, 5.74) is 1.65. The second-order valence-electron chi connectivity index (χ2n) is 4.43. The van der Waals surface area contributed by atoms with Crippen molar-refractivity contribution in [3.05, 3.63) is 64.4 Å². The van der Waals surface area contributed by atoms with Gasteiger partial charge in [-0.2, -0.15) is 0 Å². The molecule has 5 heteroatoms. The molecule has 0 aliphatic carbocycles. The fraction of sp³-hybridized carbons (Fsp3) is 0.133. The van der Waals surface area contributed by atoms with Gasteiger partial charge in [-0.25, -0.2) is 9.18 Å². The van der Waals surface area contributed by atoms with Crippen LogP contribution in [0.3, 0.4) is 0 Å². The van der Waals surface area contributed by atoms with Crippen LogP contribution in [-0.2, 0) is 4.79 Å². The quantitative estimate of drug-likeness (QED) is 0.895. The zero-order valence-electron chi connectivity index (χ0n) is 10.7. The van der Waals surface area contributed by atoms with E-state index in [0.29, 0.717) is 21.8 Å². The van der Waals surface area contributed by atoms with Gasteiger partial charge >= 0.3 is 5.97 Å². The normalized spacial score (nSPS) is 11.9. The zero-order valence-corrected chi connectivity index (χ0v) is 11.5. The Hall–Kier alpha value is -2.07. The average Bonchev–Trinajstić information content (AvgIpc) is 2.39. The minimum Gasteiger partial charge on any atom is -0.479 e. The fourth-order valence-corrected chi connectivity index (χ4v) is 2.13. The van der Waals surface area contributed by atoms with Gasteiger partial charge in [-0.15, -0.1) is 0 Å². The molecule has 0 fully saturated rings. The second kappa shape index (κ2) is 5.92. The molecular formula is C15H13ClFNO2. The van der Waals surface area contributed by atoms with Crippen molar-refractivity contribution in [2.24, 2.45) is 0 Å². The van der Waals surface area contributed by atoms with Crippen molar-refractivity contribution < 1.29 is 14.3 Å². The van der Waals surface area contributed by atoms with Crippen molar-refractivity contribution in [3.63, 3.8) is 0 Å². The minimum atomic E-state index is -1.08. The Labute approximate surface area is 121 Å². The number of carboxylic acids is 1. The third kappa shape index (κ3) is 3.27. The molecule has 3 nitrogen and oxygen atoms in total. The molecule has 104 valence electrons. The molecule has 0 heterocycles. The average molecular weight is 294 g/mol. The molecular weight excluding hydrogens is 281 g/mol. The van der Waals surface area contributed by atoms with Gasteiger partial charge in [-0.3, -0.25) is 0 Å². The number of carbonyl (C=O) groups is 1. The van der Waals surface area contributed by atoms with Gasteiger partial charge in [0.05, 0.1) is 0 Å². The number of hydrogen-bond acceptors (Lipinski definition) is 2. The van der Waals surface area contributed by atoms with Crippen LogP contribution >= 0.6 is 11.6 Å². The summed E-state index contributed by atoms with van der Waals surface area (Å²) in [6.07, 6.45) is 0. The molecule has 2 aromatic rings. The van der Waals surface area contributed by atoms with Gasteiger partial charge in [0.15, 0.2) is 6.04 Å². The maximum absolute atomic E-state index is 13.3. The van der Waals surface area contributed by atoms with Crippen molar-refractivity contribution in [3.8, 4) is 0 Å². The summed E-state index contributed by atoms with van der Waals surface area (Å²) in [7, 11) is 0. The van der Waals surface area contributed by atoms with Crippen molar-refractivity contribution >= 4 is 23.3 Å². The van der Waals surface area contributed by atoms with E-state index in [1.54, 1.807) is 37.3 Å². The smallest absolute Gasteiger partial charge is 0.330 e. The molecule has 2 aromatic carbocycles. The summed E-state index contributed by atoms with van der Waals surface area (Å²) >= 11 is 5.86. The first-order chi connectivity index (χ1) is 9.47. The molecule has 0 aromatic heterocycles. The van der Waals surface area contributed by atoms with E-state index >= 15 is 0 Å². The molecule has 0 spiro atoms. The first-order valence-corrected chi connectivity index (χ1v) is 6.36. The highest BCUT2D eigenvalue weighted by Crippen LogP contribution is 2.25. The molecule has 0 aliphatic rings. The molecule has 1 atom stereocenters. The van der Waals surface area contributed by atoms with E-state index < -0.39 is 17.8 Å². The third-order valence-electron chi connectivity index (χ3n) is 2.93. The minimum absolute atomic E-state index is 0.387. The van der Waals surface area contributed by atoms with Crippen LogP contribution in [0.2, 0.25) is 5.02 Å². The molecule has 2 rings (SSSR count). The summed E-state index contributed by atoms with van der Waals surface area (Å²) in [5.74, 6) is -1.55. The molecule has 20 heavy (non-hydrogen) atoms. The van der Waals surface area contributed by atoms with Crippen molar-refractivity contribution in [1.29, 1.82) is 0 Å². The fourth-order valence-electron chi connectivity index (χ4n) is 1.94. The predicted octanol–water partition coefficient (Wildman–Crippen LogP) is 4.03. The van der Waals surface area contributed by atoms with Crippen molar-refractivity contribution in [1.82, 2.24) is 0 Å². The number of anilines is 1. The number of hydrogen-bond donors (Lipinski definition) is 2. The number of carboxylic acid groups (broad SMARTS) is 1. The zero-order chi connectivity index (χ0) is 14.7. The summed E-state index contributed by atoms with van der Waals surface area (Å²) in [6, 6.07) is 9.77. The molecule has 0 saturated heterocycles. The van der Waals surface area contributed by atoms with E-state index in [1.807, 2.05) is 0 Å². The Morgan fingerprint density at radius 2 is 2.05 bits per heavy atom. The Kier molecular flexibility index (Phi) is 4.25. The van der Waals surface area contributed by atoms with Crippen LogP contribution in [-0.4, -0.2) is 11.1 Å². The van der Waals surface area contributed by atoms with E-state index in [0.717, 1.165) is 0 Å². The molecule has 0 saturated carbocycles. The van der Waals surface area contributed by atoms with Crippen LogP contribution < -0.4 is 5.32 Å². The summed E-state index contributed by atoms with van der Waals surface area (Å²) in [6.45, 7) is 1.74. The molecule has 1 unspecified atom stereocenters. The lowest BCUT2D eigenvalue weighted by atomic mass is 10.0. The Balaban J connectivity index is 2.37. The van der Waals surface area contributed by atoms with Crippen LogP contribution in [0.1, 0.15) is 17.2 Å². The lowest BCUT2D eigenvalue weighted by Crippen LogP contribution is -2.21. The van der Waals surface area contributed by atoms with Gasteiger partial charge in [0.25, 0.3) is 0 Å². The summed E-state index contributed by atoms with van der Waals surface area (Å²) in [4.78, 5) is 11.4. The van der Waals surface area contributed by atoms with E-state index in [1.165, 1.54) is 12.1 Å². The highest BCUT2D eigenvalue weighted by molar-refractivity contribution is 6.30. The van der Waals surface area contributed by atoms with Crippen molar-refractivity contribution in [2.75, 3.05) is 5.32 Å². The van der Waals surface area contributed by atoms with Crippen LogP contribution in [0.25, 0.3) is 0 Å². The number of aliphatic carboxylic acids is 1. The first kappa shape index (κ1) is 14.3. The number of aryl methyl sites for hydroxylation is 1. The topological polar surface area (TPSA) is 49.3 Å². The third-order valence-corrected chi connectivity index (χ3v) is 3.17. The Bertz CT molecular complexity index is 646. The van der Waals surface area contributed by atoms with Gasteiger partial charge in [-0.1, -0.05) is 23.7 Å². The van der Waals surface area contributed by atoms with Gasteiger partial charge < -0.3 is 10.4 Å². The van der Waals surface area contributed by atoms with E-state index in [9.17, 15) is 14.3 Å². The number of halogens is 2. The van der Waals surface area contributed by atoms with Crippen LogP contribution in [0.15, 0.2) is 42.5 Å². The predicted molar refractivity (Wildman–Crippen MR) is 76.6 cm³/mol. The number of nitrogens with one attached hydrogen (secondary N) is 1. The molecule has 2 N–H and O–H groups in total. The molecule has 0 radical (unpaired) electrons. The SMILES string of the molecule is Cc1ccc(F)cc1C(Nc1cccc(Cl)c1)C(=O)O. The molecule has 0 amide bonds. The highest BCUT2D eigenvalue weighted by atomic mass is 35.5. The molecule has 0 bridgehead atoms.